The van der Waals surface area contributed by atoms with Crippen LogP contribution in [-0.2, 0) is 14.8 Å². The second kappa shape index (κ2) is 9.53. The molecule has 1 aliphatic rings. The highest BCUT2D eigenvalue weighted by Crippen LogP contribution is 2.24. The number of aryl methyl sites for hydroxylation is 1. The number of hydrogen-bond donors (Lipinski definition) is 2. The van der Waals surface area contributed by atoms with Crippen LogP contribution in [0.5, 0.6) is 5.75 Å². The van der Waals surface area contributed by atoms with E-state index in [1.807, 2.05) is 0 Å². The van der Waals surface area contributed by atoms with Gasteiger partial charge in [0.25, 0.3) is 5.91 Å². The molecule has 0 saturated heterocycles. The van der Waals surface area contributed by atoms with Gasteiger partial charge in [-0.1, -0.05) is 25.3 Å². The van der Waals surface area contributed by atoms with Crippen molar-refractivity contribution >= 4 is 21.6 Å². The van der Waals surface area contributed by atoms with Gasteiger partial charge in [0.2, 0.25) is 10.0 Å². The first-order chi connectivity index (χ1) is 14.3. The molecular weight excluding hydrogens is 414 g/mol. The summed E-state index contributed by atoms with van der Waals surface area (Å²) in [4.78, 5) is 12.1. The van der Waals surface area contributed by atoms with Crippen molar-refractivity contribution in [2.45, 2.75) is 50.0 Å². The summed E-state index contributed by atoms with van der Waals surface area (Å²) in [5.74, 6) is -2.22. The minimum atomic E-state index is -3.65. The molecule has 2 N–H and O–H groups in total. The monoisotopic (exact) mass is 438 g/mol. The van der Waals surface area contributed by atoms with Crippen molar-refractivity contribution in [3.05, 3.63) is 53.6 Å². The van der Waals surface area contributed by atoms with Crippen LogP contribution in [0.15, 0.2) is 41.3 Å². The van der Waals surface area contributed by atoms with E-state index in [0.717, 1.165) is 44.2 Å². The van der Waals surface area contributed by atoms with E-state index >= 15 is 0 Å². The normalized spacial score (nSPS) is 15.0. The van der Waals surface area contributed by atoms with E-state index in [1.165, 1.54) is 24.3 Å². The first kappa shape index (κ1) is 22.2. The summed E-state index contributed by atoms with van der Waals surface area (Å²) in [7, 11) is -3.65. The van der Waals surface area contributed by atoms with Crippen molar-refractivity contribution < 1.29 is 26.7 Å². The number of amides is 1. The molecule has 2 aromatic rings. The Morgan fingerprint density at radius 2 is 1.77 bits per heavy atom. The predicted octanol–water partition coefficient (Wildman–Crippen LogP) is 3.90. The van der Waals surface area contributed by atoms with E-state index in [-0.39, 0.29) is 10.9 Å². The molecule has 3 rings (SSSR count). The number of rotatable bonds is 7. The number of carbonyl (C=O) groups excluding carboxylic acids is 1. The summed E-state index contributed by atoms with van der Waals surface area (Å²) < 4.78 is 60.6. The van der Waals surface area contributed by atoms with Gasteiger partial charge < -0.3 is 10.1 Å². The zero-order valence-corrected chi connectivity index (χ0v) is 17.4. The SMILES string of the molecule is Cc1cc(S(=O)(=O)NC2CCCCC2)ccc1OCC(=O)Nc1c(F)cccc1F. The zero-order valence-electron chi connectivity index (χ0n) is 16.6. The van der Waals surface area contributed by atoms with Crippen LogP contribution in [0.2, 0.25) is 0 Å². The highest BCUT2D eigenvalue weighted by Gasteiger charge is 2.22. The molecule has 0 heterocycles. The van der Waals surface area contributed by atoms with Crippen LogP contribution < -0.4 is 14.8 Å². The third-order valence-electron chi connectivity index (χ3n) is 4.97. The molecule has 30 heavy (non-hydrogen) atoms. The minimum absolute atomic E-state index is 0.0533. The van der Waals surface area contributed by atoms with Gasteiger partial charge in [-0.2, -0.15) is 0 Å². The number of ether oxygens (including phenoxy) is 1. The molecule has 1 amide bonds. The number of anilines is 1. The topological polar surface area (TPSA) is 84.5 Å². The third kappa shape index (κ3) is 5.54. The van der Waals surface area contributed by atoms with Gasteiger partial charge in [0.05, 0.1) is 4.90 Å². The van der Waals surface area contributed by atoms with Crippen LogP contribution >= 0.6 is 0 Å². The molecule has 6 nitrogen and oxygen atoms in total. The van der Waals surface area contributed by atoms with Crippen LogP contribution in [0.1, 0.15) is 37.7 Å². The number of benzene rings is 2. The van der Waals surface area contributed by atoms with Crippen molar-refractivity contribution in [3.63, 3.8) is 0 Å². The first-order valence-corrected chi connectivity index (χ1v) is 11.2. The van der Waals surface area contributed by atoms with Gasteiger partial charge in [0, 0.05) is 6.04 Å². The lowest BCUT2D eigenvalue weighted by Crippen LogP contribution is -2.36. The molecule has 0 aromatic heterocycles. The lowest BCUT2D eigenvalue weighted by Gasteiger charge is -2.22. The third-order valence-corrected chi connectivity index (χ3v) is 6.49. The fraction of sp³-hybridized carbons (Fsp3) is 0.381. The molecule has 1 saturated carbocycles. The van der Waals surface area contributed by atoms with E-state index in [9.17, 15) is 22.0 Å². The highest BCUT2D eigenvalue weighted by atomic mass is 32.2. The summed E-state index contributed by atoms with van der Waals surface area (Å²) in [5.41, 5.74) is -0.0237. The number of sulfonamides is 1. The quantitative estimate of drug-likeness (QED) is 0.687. The molecule has 2 aromatic carbocycles. The van der Waals surface area contributed by atoms with E-state index in [1.54, 1.807) is 6.92 Å². The van der Waals surface area contributed by atoms with Gasteiger partial charge in [-0.25, -0.2) is 21.9 Å². The molecule has 1 fully saturated rings. The van der Waals surface area contributed by atoms with Crippen molar-refractivity contribution in [2.75, 3.05) is 11.9 Å². The van der Waals surface area contributed by atoms with Gasteiger partial charge in [0.15, 0.2) is 6.61 Å². The number of halogens is 2. The Kier molecular flexibility index (Phi) is 7.04. The fourth-order valence-electron chi connectivity index (χ4n) is 3.39. The van der Waals surface area contributed by atoms with Gasteiger partial charge >= 0.3 is 0 Å². The molecule has 162 valence electrons. The smallest absolute Gasteiger partial charge is 0.262 e. The van der Waals surface area contributed by atoms with E-state index < -0.39 is 39.9 Å². The molecule has 1 aliphatic carbocycles. The van der Waals surface area contributed by atoms with Crippen LogP contribution in [0.4, 0.5) is 14.5 Å². The minimum Gasteiger partial charge on any atom is -0.483 e. The number of para-hydroxylation sites is 1. The van der Waals surface area contributed by atoms with Gasteiger partial charge in [0.1, 0.15) is 23.1 Å². The standard InChI is InChI=1S/C21H24F2N2O4S/c1-14-12-16(30(27,28)25-15-6-3-2-4-7-15)10-11-19(14)29-13-20(26)24-21-17(22)8-5-9-18(21)23/h5,8-12,15,25H,2-4,6-7,13H2,1H3,(H,24,26). The fourth-order valence-corrected chi connectivity index (χ4v) is 4.78. The summed E-state index contributed by atoms with van der Waals surface area (Å²) >= 11 is 0. The largest absolute Gasteiger partial charge is 0.483 e. The van der Waals surface area contributed by atoms with Crippen LogP contribution in [0.3, 0.4) is 0 Å². The molecule has 0 radical (unpaired) electrons. The molecule has 0 atom stereocenters. The molecule has 0 aliphatic heterocycles. The van der Waals surface area contributed by atoms with Crippen molar-refractivity contribution in [1.29, 1.82) is 0 Å². The Hall–Kier alpha value is -2.52. The number of carbonyl (C=O) groups is 1. The van der Waals surface area contributed by atoms with E-state index in [4.69, 9.17) is 4.74 Å². The maximum Gasteiger partial charge on any atom is 0.262 e. The van der Waals surface area contributed by atoms with Crippen LogP contribution in [0, 0.1) is 18.6 Å². The van der Waals surface area contributed by atoms with Crippen molar-refractivity contribution in [2.24, 2.45) is 0 Å². The average molecular weight is 438 g/mol. The first-order valence-electron chi connectivity index (χ1n) is 9.76. The summed E-state index contributed by atoms with van der Waals surface area (Å²) in [6, 6.07) is 7.54. The van der Waals surface area contributed by atoms with Gasteiger partial charge in [-0.3, -0.25) is 4.79 Å². The molecule has 0 bridgehead atoms. The van der Waals surface area contributed by atoms with E-state index in [2.05, 4.69) is 10.0 Å². The summed E-state index contributed by atoms with van der Waals surface area (Å²) in [5, 5.41) is 2.13. The molecular formula is C21H24F2N2O4S. The highest BCUT2D eigenvalue weighted by molar-refractivity contribution is 7.89. The maximum atomic E-state index is 13.6. The predicted molar refractivity (Wildman–Crippen MR) is 109 cm³/mol. The summed E-state index contributed by atoms with van der Waals surface area (Å²) in [6.45, 7) is 1.17. The van der Waals surface area contributed by atoms with Crippen molar-refractivity contribution in [1.82, 2.24) is 4.72 Å². The second-order valence-corrected chi connectivity index (χ2v) is 9.03. The Labute approximate surface area is 174 Å². The summed E-state index contributed by atoms with van der Waals surface area (Å²) in [6.07, 6.45) is 4.81. The van der Waals surface area contributed by atoms with Crippen LogP contribution in [0.25, 0.3) is 0 Å². The molecule has 0 spiro atoms. The number of nitrogens with one attached hydrogen (secondary N) is 2. The Morgan fingerprint density at radius 3 is 2.40 bits per heavy atom. The lowest BCUT2D eigenvalue weighted by atomic mass is 9.96. The maximum absolute atomic E-state index is 13.6. The van der Waals surface area contributed by atoms with Gasteiger partial charge in [-0.15, -0.1) is 0 Å². The zero-order chi connectivity index (χ0) is 21.7. The van der Waals surface area contributed by atoms with E-state index in [0.29, 0.717) is 11.3 Å². The molecule has 0 unspecified atom stereocenters. The van der Waals surface area contributed by atoms with Crippen molar-refractivity contribution in [3.8, 4) is 5.75 Å². The lowest BCUT2D eigenvalue weighted by molar-refractivity contribution is -0.118. The van der Waals surface area contributed by atoms with Gasteiger partial charge in [-0.05, 0) is 55.7 Å². The Bertz CT molecular complexity index is 1000. The number of hydrogen-bond acceptors (Lipinski definition) is 4. The molecule has 9 heteroatoms. The Balaban J connectivity index is 1.61. The average Bonchev–Trinajstić information content (AvgIpc) is 2.70. The Morgan fingerprint density at radius 1 is 1.10 bits per heavy atom. The van der Waals surface area contributed by atoms with Crippen LogP contribution in [-0.4, -0.2) is 27.0 Å². The second-order valence-electron chi connectivity index (χ2n) is 7.32.